The third-order valence-corrected chi connectivity index (χ3v) is 6.22. The molecule has 2 heterocycles. The number of hydrogen-bond acceptors (Lipinski definition) is 3. The van der Waals surface area contributed by atoms with E-state index in [9.17, 15) is 22.8 Å². The van der Waals surface area contributed by atoms with Crippen LogP contribution in [0.3, 0.4) is 0 Å². The second kappa shape index (κ2) is 7.08. The first-order chi connectivity index (χ1) is 13.3. The number of fused-ring (bicyclic) bond motifs is 1. The Labute approximate surface area is 161 Å². The predicted molar refractivity (Wildman–Crippen MR) is 94.1 cm³/mol. The first-order valence-corrected chi connectivity index (χ1v) is 10.0. The fraction of sp³-hybridized carbons (Fsp3) is 0.737. The van der Waals surface area contributed by atoms with E-state index in [4.69, 9.17) is 0 Å². The minimum atomic E-state index is -4.50. The first kappa shape index (κ1) is 19.3. The van der Waals surface area contributed by atoms with E-state index in [-0.39, 0.29) is 24.8 Å². The van der Waals surface area contributed by atoms with Gasteiger partial charge in [0.05, 0.1) is 0 Å². The molecule has 1 aromatic heterocycles. The summed E-state index contributed by atoms with van der Waals surface area (Å²) in [6.07, 6.45) is 2.46. The number of nitrogens with zero attached hydrogens (tertiary/aromatic N) is 2. The Balaban J connectivity index is 1.42. The molecule has 1 aromatic rings. The quantitative estimate of drug-likeness (QED) is 0.800. The number of carbonyl (C=O) groups is 2. The summed E-state index contributed by atoms with van der Waals surface area (Å²) >= 11 is 0. The van der Waals surface area contributed by atoms with Crippen molar-refractivity contribution in [3.8, 4) is 0 Å². The number of imidazole rings is 1. The van der Waals surface area contributed by atoms with Crippen LogP contribution in [0.5, 0.6) is 0 Å². The number of nitrogens with one attached hydrogen (secondary N) is 2. The van der Waals surface area contributed by atoms with Crippen molar-refractivity contribution in [2.24, 2.45) is 11.8 Å². The van der Waals surface area contributed by atoms with Crippen molar-refractivity contribution in [3.05, 3.63) is 17.7 Å². The van der Waals surface area contributed by atoms with Crippen molar-refractivity contribution in [2.45, 2.75) is 69.6 Å². The molecule has 2 aliphatic carbocycles. The zero-order valence-electron chi connectivity index (χ0n) is 15.6. The number of aromatic nitrogens is 2. The number of halogens is 3. The van der Waals surface area contributed by atoms with Gasteiger partial charge in [-0.05, 0) is 38.0 Å². The molecule has 2 fully saturated rings. The van der Waals surface area contributed by atoms with Crippen LogP contribution >= 0.6 is 0 Å². The van der Waals surface area contributed by atoms with Crippen LogP contribution in [0.15, 0.2) is 6.20 Å². The predicted octanol–water partition coefficient (Wildman–Crippen LogP) is 2.42. The van der Waals surface area contributed by atoms with Crippen LogP contribution in [0, 0.1) is 11.8 Å². The Morgan fingerprint density at radius 1 is 1.21 bits per heavy atom. The summed E-state index contributed by atoms with van der Waals surface area (Å²) in [4.78, 5) is 29.1. The van der Waals surface area contributed by atoms with Crippen LogP contribution in [0.2, 0.25) is 0 Å². The molecule has 3 aliphatic rings. The lowest BCUT2D eigenvalue weighted by Gasteiger charge is -2.32. The number of hydrogen-bond donors (Lipinski definition) is 2. The third-order valence-electron chi connectivity index (χ3n) is 6.22. The fourth-order valence-corrected chi connectivity index (χ4v) is 4.37. The molecule has 0 saturated heterocycles. The van der Waals surface area contributed by atoms with Gasteiger partial charge >= 0.3 is 6.18 Å². The molecule has 2 saturated carbocycles. The SMILES string of the molecule is O=C(NC1(C(=O)NCC2CC2)CCCC1)[C@H]1CCn2c(cnc2C(F)(F)F)C1. The Morgan fingerprint density at radius 3 is 2.57 bits per heavy atom. The Morgan fingerprint density at radius 2 is 1.93 bits per heavy atom. The highest BCUT2D eigenvalue weighted by Gasteiger charge is 2.45. The van der Waals surface area contributed by atoms with E-state index in [1.54, 1.807) is 0 Å². The van der Waals surface area contributed by atoms with E-state index < -0.39 is 23.5 Å². The second-order valence-corrected chi connectivity index (χ2v) is 8.34. The molecule has 2 amide bonds. The lowest BCUT2D eigenvalue weighted by Crippen LogP contribution is -2.58. The van der Waals surface area contributed by atoms with Gasteiger partial charge in [0.1, 0.15) is 5.54 Å². The van der Waals surface area contributed by atoms with E-state index in [1.807, 2.05) is 0 Å². The summed E-state index contributed by atoms with van der Waals surface area (Å²) < 4.78 is 40.2. The van der Waals surface area contributed by atoms with E-state index in [0.717, 1.165) is 30.3 Å². The van der Waals surface area contributed by atoms with Crippen molar-refractivity contribution < 1.29 is 22.8 Å². The molecule has 1 aliphatic heterocycles. The molecule has 28 heavy (non-hydrogen) atoms. The molecule has 154 valence electrons. The number of rotatable bonds is 5. The van der Waals surface area contributed by atoms with Crippen molar-refractivity contribution in [1.82, 2.24) is 20.2 Å². The smallest absolute Gasteiger partial charge is 0.354 e. The van der Waals surface area contributed by atoms with Gasteiger partial charge in [0.25, 0.3) is 0 Å². The van der Waals surface area contributed by atoms with Crippen LogP contribution in [-0.2, 0) is 28.7 Å². The van der Waals surface area contributed by atoms with E-state index in [2.05, 4.69) is 15.6 Å². The van der Waals surface area contributed by atoms with Crippen LogP contribution in [0.1, 0.15) is 56.5 Å². The second-order valence-electron chi connectivity index (χ2n) is 8.34. The van der Waals surface area contributed by atoms with Crippen LogP contribution in [-0.4, -0.2) is 33.4 Å². The average Bonchev–Trinajstić information content (AvgIpc) is 3.17. The van der Waals surface area contributed by atoms with Crippen LogP contribution in [0.25, 0.3) is 0 Å². The van der Waals surface area contributed by atoms with Crippen molar-refractivity contribution in [1.29, 1.82) is 0 Å². The van der Waals surface area contributed by atoms with Crippen molar-refractivity contribution in [3.63, 3.8) is 0 Å². The van der Waals surface area contributed by atoms with Gasteiger partial charge in [-0.25, -0.2) is 4.98 Å². The molecule has 0 bridgehead atoms. The Hall–Kier alpha value is -2.06. The number of amides is 2. The topological polar surface area (TPSA) is 76.0 Å². The van der Waals surface area contributed by atoms with E-state index in [1.165, 1.54) is 6.20 Å². The van der Waals surface area contributed by atoms with E-state index in [0.29, 0.717) is 37.4 Å². The molecule has 2 N–H and O–H groups in total. The van der Waals surface area contributed by atoms with Crippen molar-refractivity contribution in [2.75, 3.05) is 6.54 Å². The summed E-state index contributed by atoms with van der Waals surface area (Å²) in [7, 11) is 0. The highest BCUT2D eigenvalue weighted by molar-refractivity contribution is 5.92. The lowest BCUT2D eigenvalue weighted by molar-refractivity contribution is -0.147. The van der Waals surface area contributed by atoms with Gasteiger partial charge in [0, 0.05) is 37.3 Å². The van der Waals surface area contributed by atoms with Crippen LogP contribution < -0.4 is 10.6 Å². The molecule has 0 radical (unpaired) electrons. The molecular weight excluding hydrogens is 373 g/mol. The summed E-state index contributed by atoms with van der Waals surface area (Å²) in [6, 6.07) is 0. The first-order valence-electron chi connectivity index (χ1n) is 10.0. The van der Waals surface area contributed by atoms with Gasteiger partial charge in [0.15, 0.2) is 0 Å². The fourth-order valence-electron chi connectivity index (χ4n) is 4.37. The molecule has 0 aromatic carbocycles. The third kappa shape index (κ3) is 3.75. The molecule has 9 heteroatoms. The minimum absolute atomic E-state index is 0.100. The monoisotopic (exact) mass is 398 g/mol. The van der Waals surface area contributed by atoms with Crippen LogP contribution in [0.4, 0.5) is 13.2 Å². The molecule has 0 spiro atoms. The highest BCUT2D eigenvalue weighted by Crippen LogP contribution is 2.34. The van der Waals surface area contributed by atoms with Crippen molar-refractivity contribution >= 4 is 11.8 Å². The van der Waals surface area contributed by atoms with Gasteiger partial charge in [-0.2, -0.15) is 13.2 Å². The maximum atomic E-state index is 13.0. The zero-order chi connectivity index (χ0) is 19.9. The lowest BCUT2D eigenvalue weighted by atomic mass is 9.91. The molecule has 0 unspecified atom stereocenters. The Bertz CT molecular complexity index is 764. The number of alkyl halides is 3. The van der Waals surface area contributed by atoms with Gasteiger partial charge in [-0.15, -0.1) is 0 Å². The molecule has 1 atom stereocenters. The normalized spacial score (nSPS) is 23.9. The van der Waals surface area contributed by atoms with Gasteiger partial charge in [-0.1, -0.05) is 12.8 Å². The Kier molecular flexibility index (Phi) is 4.87. The molecule has 4 rings (SSSR count). The largest absolute Gasteiger partial charge is 0.449 e. The average molecular weight is 398 g/mol. The standard InChI is InChI=1S/C19H25F3N4O2/c20-19(21,22)16-23-11-14-9-13(5-8-26(14)16)15(27)25-18(6-1-2-7-18)17(28)24-10-12-3-4-12/h11-13H,1-10H2,(H,24,28)(H,25,27)/t13-/m0/s1. The summed E-state index contributed by atoms with van der Waals surface area (Å²) in [5.41, 5.74) is -0.460. The van der Waals surface area contributed by atoms with Gasteiger partial charge < -0.3 is 15.2 Å². The van der Waals surface area contributed by atoms with Gasteiger partial charge in [-0.3, -0.25) is 9.59 Å². The molecule has 6 nitrogen and oxygen atoms in total. The van der Waals surface area contributed by atoms with E-state index >= 15 is 0 Å². The summed E-state index contributed by atoms with van der Waals surface area (Å²) in [5.74, 6) is -1.17. The van der Waals surface area contributed by atoms with Gasteiger partial charge in [0.2, 0.25) is 17.6 Å². The maximum Gasteiger partial charge on any atom is 0.449 e. The minimum Gasteiger partial charge on any atom is -0.354 e. The zero-order valence-corrected chi connectivity index (χ0v) is 15.6. The summed E-state index contributed by atoms with van der Waals surface area (Å²) in [6.45, 7) is 0.752. The summed E-state index contributed by atoms with van der Waals surface area (Å²) in [5, 5.41) is 5.95. The maximum absolute atomic E-state index is 13.0. The highest BCUT2D eigenvalue weighted by atomic mass is 19.4. The number of carbonyl (C=O) groups excluding carboxylic acids is 2. The molecular formula is C19H25F3N4O2.